The molecule has 1 amide bonds. The third-order valence-corrected chi connectivity index (χ3v) is 3.60. The van der Waals surface area contributed by atoms with Gasteiger partial charge in [0.05, 0.1) is 5.56 Å². The van der Waals surface area contributed by atoms with E-state index in [1.54, 1.807) is 6.92 Å². The molecule has 0 aliphatic rings. The molecule has 2 N–H and O–H groups in total. The van der Waals surface area contributed by atoms with Gasteiger partial charge in [-0.3, -0.25) is 10.1 Å². The van der Waals surface area contributed by atoms with Gasteiger partial charge in [-0.2, -0.15) is 0 Å². The van der Waals surface area contributed by atoms with Crippen molar-refractivity contribution in [2.75, 3.05) is 5.32 Å². The van der Waals surface area contributed by atoms with Crippen LogP contribution in [0.15, 0.2) is 24.4 Å². The summed E-state index contributed by atoms with van der Waals surface area (Å²) in [6.45, 7) is 1.76. The lowest BCUT2D eigenvalue weighted by molar-refractivity contribution is 0.101. The number of anilines is 1. The van der Waals surface area contributed by atoms with Gasteiger partial charge in [-0.15, -0.1) is 10.2 Å². The SMILES string of the molecule is Cc1cnc(C(=O)Nc2nnc(-c3c(F)cccc3F)s2)[nH]1. The first kappa shape index (κ1) is 14.3. The van der Waals surface area contributed by atoms with Gasteiger partial charge in [0.15, 0.2) is 10.8 Å². The summed E-state index contributed by atoms with van der Waals surface area (Å²) in [6.07, 6.45) is 1.51. The molecular weight excluding hydrogens is 312 g/mol. The van der Waals surface area contributed by atoms with Crippen molar-refractivity contribution < 1.29 is 13.6 Å². The van der Waals surface area contributed by atoms with E-state index in [1.165, 1.54) is 12.3 Å². The summed E-state index contributed by atoms with van der Waals surface area (Å²) in [6, 6.07) is 3.52. The van der Waals surface area contributed by atoms with E-state index in [-0.39, 0.29) is 21.5 Å². The van der Waals surface area contributed by atoms with Crippen LogP contribution in [-0.2, 0) is 0 Å². The van der Waals surface area contributed by atoms with E-state index in [4.69, 9.17) is 0 Å². The molecule has 0 bridgehead atoms. The van der Waals surface area contributed by atoms with Crippen molar-refractivity contribution in [2.45, 2.75) is 6.92 Å². The predicted octanol–water partition coefficient (Wildman–Crippen LogP) is 2.77. The van der Waals surface area contributed by atoms with Gasteiger partial charge in [-0.25, -0.2) is 13.8 Å². The topological polar surface area (TPSA) is 83.6 Å². The Kier molecular flexibility index (Phi) is 3.63. The first-order valence-electron chi connectivity index (χ1n) is 6.15. The van der Waals surface area contributed by atoms with E-state index < -0.39 is 17.5 Å². The number of aromatic nitrogens is 4. The molecule has 0 atom stereocenters. The fourth-order valence-electron chi connectivity index (χ4n) is 1.76. The number of H-pyrrole nitrogens is 1. The highest BCUT2D eigenvalue weighted by Crippen LogP contribution is 2.30. The normalized spacial score (nSPS) is 10.7. The molecule has 112 valence electrons. The molecule has 3 aromatic rings. The second-order valence-corrected chi connectivity index (χ2v) is 5.36. The highest BCUT2D eigenvalue weighted by Gasteiger charge is 2.18. The fourth-order valence-corrected chi connectivity index (χ4v) is 2.55. The highest BCUT2D eigenvalue weighted by molar-refractivity contribution is 7.18. The Balaban J connectivity index is 1.84. The fraction of sp³-hybridized carbons (Fsp3) is 0.0769. The molecule has 0 saturated carbocycles. The number of nitrogens with zero attached hydrogens (tertiary/aromatic N) is 3. The van der Waals surface area contributed by atoms with Crippen molar-refractivity contribution in [3.63, 3.8) is 0 Å². The van der Waals surface area contributed by atoms with Gasteiger partial charge < -0.3 is 4.98 Å². The third kappa shape index (κ3) is 2.70. The second-order valence-electron chi connectivity index (χ2n) is 4.38. The Labute approximate surface area is 127 Å². The smallest absolute Gasteiger partial charge is 0.293 e. The van der Waals surface area contributed by atoms with Crippen LogP contribution in [0.2, 0.25) is 0 Å². The minimum absolute atomic E-state index is 0.0431. The number of aromatic amines is 1. The van der Waals surface area contributed by atoms with E-state index in [1.807, 2.05) is 0 Å². The average Bonchev–Trinajstić information content (AvgIpc) is 3.08. The Morgan fingerprint density at radius 2 is 2.00 bits per heavy atom. The van der Waals surface area contributed by atoms with Crippen LogP contribution in [0.3, 0.4) is 0 Å². The van der Waals surface area contributed by atoms with Crippen molar-refractivity contribution in [1.29, 1.82) is 0 Å². The van der Waals surface area contributed by atoms with Crippen molar-refractivity contribution in [1.82, 2.24) is 20.2 Å². The zero-order valence-electron chi connectivity index (χ0n) is 11.2. The van der Waals surface area contributed by atoms with Crippen LogP contribution >= 0.6 is 11.3 Å². The second kappa shape index (κ2) is 5.60. The summed E-state index contributed by atoms with van der Waals surface area (Å²) in [7, 11) is 0. The van der Waals surface area contributed by atoms with Crippen molar-refractivity contribution in [3.8, 4) is 10.6 Å². The van der Waals surface area contributed by atoms with E-state index in [2.05, 4.69) is 25.5 Å². The summed E-state index contributed by atoms with van der Waals surface area (Å²) in [5.41, 5.74) is 0.464. The number of benzene rings is 1. The number of carbonyl (C=O) groups excluding carboxylic acids is 1. The molecule has 0 saturated heterocycles. The van der Waals surface area contributed by atoms with Crippen LogP contribution in [0, 0.1) is 18.6 Å². The Morgan fingerprint density at radius 1 is 1.27 bits per heavy atom. The first-order chi connectivity index (χ1) is 10.5. The number of hydrogen-bond donors (Lipinski definition) is 2. The van der Waals surface area contributed by atoms with Gasteiger partial charge in [-0.1, -0.05) is 17.4 Å². The molecular formula is C13H9F2N5OS. The van der Waals surface area contributed by atoms with Crippen LogP contribution in [-0.4, -0.2) is 26.1 Å². The number of rotatable bonds is 3. The van der Waals surface area contributed by atoms with Gasteiger partial charge in [0.25, 0.3) is 5.91 Å². The average molecular weight is 321 g/mol. The molecule has 2 heterocycles. The number of amides is 1. The molecule has 22 heavy (non-hydrogen) atoms. The molecule has 6 nitrogen and oxygen atoms in total. The zero-order valence-corrected chi connectivity index (χ0v) is 12.0. The summed E-state index contributed by atoms with van der Waals surface area (Å²) < 4.78 is 27.3. The first-order valence-corrected chi connectivity index (χ1v) is 6.97. The minimum Gasteiger partial charge on any atom is -0.338 e. The van der Waals surface area contributed by atoms with Crippen molar-refractivity contribution in [2.24, 2.45) is 0 Å². The number of carbonyl (C=O) groups is 1. The van der Waals surface area contributed by atoms with Crippen molar-refractivity contribution >= 4 is 22.4 Å². The van der Waals surface area contributed by atoms with Crippen molar-refractivity contribution in [3.05, 3.63) is 47.5 Å². The van der Waals surface area contributed by atoms with Crippen LogP contribution in [0.4, 0.5) is 13.9 Å². The number of imidazole rings is 1. The van der Waals surface area contributed by atoms with Gasteiger partial charge in [0.2, 0.25) is 5.13 Å². The molecule has 9 heteroatoms. The van der Waals surface area contributed by atoms with E-state index in [0.717, 1.165) is 29.2 Å². The Morgan fingerprint density at radius 3 is 2.64 bits per heavy atom. The maximum Gasteiger partial charge on any atom is 0.293 e. The Hall–Kier alpha value is -2.68. The molecule has 0 unspecified atom stereocenters. The molecule has 0 radical (unpaired) electrons. The molecule has 0 spiro atoms. The lowest BCUT2D eigenvalue weighted by atomic mass is 10.2. The van der Waals surface area contributed by atoms with Crippen LogP contribution in [0.1, 0.15) is 16.3 Å². The molecule has 3 rings (SSSR count). The molecule has 0 fully saturated rings. The van der Waals surface area contributed by atoms with Gasteiger partial charge in [0.1, 0.15) is 11.6 Å². The standard InChI is InChI=1S/C13H9F2N5OS/c1-6-5-16-10(17-6)11(21)18-13-20-19-12(22-13)9-7(14)3-2-4-8(9)15/h2-5H,1H3,(H,16,17)(H,18,20,21). The van der Waals surface area contributed by atoms with Crippen LogP contribution < -0.4 is 5.32 Å². The minimum atomic E-state index is -0.740. The third-order valence-electron chi connectivity index (χ3n) is 2.74. The van der Waals surface area contributed by atoms with E-state index in [0.29, 0.717) is 0 Å². The monoisotopic (exact) mass is 321 g/mol. The number of aryl methyl sites for hydroxylation is 1. The summed E-state index contributed by atoms with van der Waals surface area (Å²) >= 11 is 0.868. The lowest BCUT2D eigenvalue weighted by Gasteiger charge is -1.99. The number of halogens is 2. The summed E-state index contributed by atoms with van der Waals surface area (Å²) in [5.74, 6) is -1.87. The maximum atomic E-state index is 13.7. The van der Waals surface area contributed by atoms with E-state index >= 15 is 0 Å². The predicted molar refractivity (Wildman–Crippen MR) is 76.5 cm³/mol. The van der Waals surface area contributed by atoms with Gasteiger partial charge in [0, 0.05) is 11.9 Å². The summed E-state index contributed by atoms with van der Waals surface area (Å²) in [5, 5.41) is 10.0. The number of hydrogen-bond acceptors (Lipinski definition) is 5. The zero-order chi connectivity index (χ0) is 15.7. The summed E-state index contributed by atoms with van der Waals surface area (Å²) in [4.78, 5) is 18.5. The number of nitrogens with one attached hydrogen (secondary N) is 2. The highest BCUT2D eigenvalue weighted by atomic mass is 32.1. The molecule has 2 aromatic heterocycles. The molecule has 0 aliphatic heterocycles. The van der Waals surface area contributed by atoms with Gasteiger partial charge in [-0.05, 0) is 19.1 Å². The maximum absolute atomic E-state index is 13.7. The molecule has 0 aliphatic carbocycles. The van der Waals surface area contributed by atoms with Crippen LogP contribution in [0.5, 0.6) is 0 Å². The lowest BCUT2D eigenvalue weighted by Crippen LogP contribution is -2.13. The quantitative estimate of drug-likeness (QED) is 0.777. The van der Waals surface area contributed by atoms with Crippen LogP contribution in [0.25, 0.3) is 10.6 Å². The molecule has 1 aromatic carbocycles. The largest absolute Gasteiger partial charge is 0.338 e. The Bertz CT molecular complexity index is 824. The van der Waals surface area contributed by atoms with Gasteiger partial charge >= 0.3 is 0 Å². The van der Waals surface area contributed by atoms with E-state index in [9.17, 15) is 13.6 Å².